The van der Waals surface area contributed by atoms with Gasteiger partial charge < -0.3 is 5.32 Å². The number of nitrogens with zero attached hydrogens (tertiary/aromatic N) is 2. The van der Waals surface area contributed by atoms with E-state index in [1.807, 2.05) is 6.07 Å². The van der Waals surface area contributed by atoms with Crippen molar-refractivity contribution >= 4 is 27.3 Å². The molecule has 1 fully saturated rings. The lowest BCUT2D eigenvalue weighted by molar-refractivity contribution is 0.282. The fourth-order valence-corrected chi connectivity index (χ4v) is 4.78. The van der Waals surface area contributed by atoms with Gasteiger partial charge in [0.05, 0.1) is 16.1 Å². The van der Waals surface area contributed by atoms with Gasteiger partial charge in [-0.05, 0) is 49.1 Å². The minimum Gasteiger partial charge on any atom is -0.384 e. The van der Waals surface area contributed by atoms with E-state index in [-0.39, 0.29) is 0 Å². The summed E-state index contributed by atoms with van der Waals surface area (Å²) in [5.74, 6) is 0.361. The second-order valence-electron chi connectivity index (χ2n) is 6.34. The molecule has 5 nitrogen and oxygen atoms in total. The van der Waals surface area contributed by atoms with Crippen molar-refractivity contribution in [1.82, 2.24) is 4.31 Å². The predicted octanol–water partition coefficient (Wildman–Crippen LogP) is 3.72. The van der Waals surface area contributed by atoms with Gasteiger partial charge in [0.2, 0.25) is 10.0 Å². The number of nitrogens with one attached hydrogen (secondary N) is 1. The van der Waals surface area contributed by atoms with Gasteiger partial charge in [0.15, 0.2) is 0 Å². The van der Waals surface area contributed by atoms with Crippen molar-refractivity contribution in [3.63, 3.8) is 0 Å². The molecule has 1 heterocycles. The highest BCUT2D eigenvalue weighted by Crippen LogP contribution is 2.25. The van der Waals surface area contributed by atoms with Crippen LogP contribution in [0.25, 0.3) is 0 Å². The molecule has 7 heteroatoms. The molecule has 0 aromatic heterocycles. The number of piperidine rings is 1. The molecule has 0 aliphatic carbocycles. The zero-order chi connectivity index (χ0) is 18.6. The van der Waals surface area contributed by atoms with Crippen LogP contribution in [-0.2, 0) is 10.0 Å². The maximum Gasteiger partial charge on any atom is 0.243 e. The van der Waals surface area contributed by atoms with Crippen LogP contribution in [0, 0.1) is 17.2 Å². The molecule has 2 aromatic rings. The largest absolute Gasteiger partial charge is 0.384 e. The molecule has 1 aliphatic heterocycles. The van der Waals surface area contributed by atoms with Crippen LogP contribution in [0.2, 0.25) is 5.02 Å². The van der Waals surface area contributed by atoms with Gasteiger partial charge in [0.25, 0.3) is 0 Å². The molecular weight excluding hydrogens is 370 g/mol. The summed E-state index contributed by atoms with van der Waals surface area (Å²) >= 11 is 5.91. The number of rotatable bonds is 5. The lowest BCUT2D eigenvalue weighted by atomic mass is 9.98. The average molecular weight is 390 g/mol. The highest BCUT2D eigenvalue weighted by Gasteiger charge is 2.29. The first kappa shape index (κ1) is 18.7. The number of benzene rings is 2. The maximum absolute atomic E-state index is 12.7. The number of halogens is 1. The van der Waals surface area contributed by atoms with Gasteiger partial charge in [-0.15, -0.1) is 0 Å². The van der Waals surface area contributed by atoms with E-state index in [9.17, 15) is 13.7 Å². The minimum absolute atomic E-state index is 0.344. The van der Waals surface area contributed by atoms with Gasteiger partial charge in [-0.2, -0.15) is 9.57 Å². The molecule has 1 saturated heterocycles. The molecule has 0 bridgehead atoms. The zero-order valence-electron chi connectivity index (χ0n) is 14.2. The topological polar surface area (TPSA) is 73.2 Å². The molecule has 1 N–H and O–H groups in total. The van der Waals surface area contributed by atoms with Crippen molar-refractivity contribution in [2.75, 3.05) is 25.0 Å². The summed E-state index contributed by atoms with van der Waals surface area (Å²) < 4.78 is 26.9. The second-order valence-corrected chi connectivity index (χ2v) is 8.72. The van der Waals surface area contributed by atoms with Crippen LogP contribution in [0.1, 0.15) is 18.4 Å². The van der Waals surface area contributed by atoms with Crippen LogP contribution in [-0.4, -0.2) is 32.4 Å². The molecule has 0 radical (unpaired) electrons. The third-order valence-electron chi connectivity index (χ3n) is 4.64. The van der Waals surface area contributed by atoms with Crippen LogP contribution in [0.4, 0.5) is 5.69 Å². The van der Waals surface area contributed by atoms with Crippen molar-refractivity contribution in [2.45, 2.75) is 17.7 Å². The van der Waals surface area contributed by atoms with Crippen LogP contribution in [0.5, 0.6) is 0 Å². The Morgan fingerprint density at radius 3 is 2.50 bits per heavy atom. The maximum atomic E-state index is 12.7. The molecule has 3 rings (SSSR count). The van der Waals surface area contributed by atoms with Crippen molar-refractivity contribution in [2.24, 2.45) is 5.92 Å². The SMILES string of the molecule is N#Cc1cc(Cl)ccc1NCC1CCN(S(=O)(=O)c2ccccc2)CC1. The molecule has 0 atom stereocenters. The monoisotopic (exact) mass is 389 g/mol. The Morgan fingerprint density at radius 1 is 1.15 bits per heavy atom. The number of nitriles is 1. The third kappa shape index (κ3) is 4.18. The van der Waals surface area contributed by atoms with E-state index in [4.69, 9.17) is 11.6 Å². The third-order valence-corrected chi connectivity index (χ3v) is 6.79. The standard InChI is InChI=1S/C19H20ClN3O2S/c20-17-6-7-19(16(12-17)13-21)22-14-15-8-10-23(11-9-15)26(24,25)18-4-2-1-3-5-18/h1-7,12,15,22H,8-11,14H2. The van der Waals surface area contributed by atoms with E-state index in [2.05, 4.69) is 11.4 Å². The van der Waals surface area contributed by atoms with E-state index in [1.165, 1.54) is 0 Å². The summed E-state index contributed by atoms with van der Waals surface area (Å²) in [5.41, 5.74) is 1.28. The smallest absolute Gasteiger partial charge is 0.243 e. The fourth-order valence-electron chi connectivity index (χ4n) is 3.11. The van der Waals surface area contributed by atoms with E-state index >= 15 is 0 Å². The van der Waals surface area contributed by atoms with Gasteiger partial charge in [-0.3, -0.25) is 0 Å². The molecule has 0 spiro atoms. The van der Waals surface area contributed by atoms with Crippen LogP contribution < -0.4 is 5.32 Å². The van der Waals surface area contributed by atoms with Crippen molar-refractivity contribution in [3.05, 3.63) is 59.1 Å². The molecule has 1 aliphatic rings. The molecular formula is C19H20ClN3O2S. The number of anilines is 1. The first-order chi connectivity index (χ1) is 12.5. The highest BCUT2D eigenvalue weighted by atomic mass is 35.5. The van der Waals surface area contributed by atoms with E-state index in [0.717, 1.165) is 18.5 Å². The Hall–Kier alpha value is -2.07. The summed E-state index contributed by atoms with van der Waals surface area (Å²) in [6.07, 6.45) is 1.57. The zero-order valence-corrected chi connectivity index (χ0v) is 15.8. The van der Waals surface area contributed by atoms with Gasteiger partial charge in [0.1, 0.15) is 6.07 Å². The highest BCUT2D eigenvalue weighted by molar-refractivity contribution is 7.89. The molecule has 136 valence electrons. The first-order valence-electron chi connectivity index (χ1n) is 8.49. The van der Waals surface area contributed by atoms with Gasteiger partial charge in [-0.1, -0.05) is 29.8 Å². The Labute approximate surface area is 159 Å². The molecule has 2 aromatic carbocycles. The number of hydrogen-bond acceptors (Lipinski definition) is 4. The normalized spacial score (nSPS) is 16.2. The van der Waals surface area contributed by atoms with Crippen molar-refractivity contribution in [1.29, 1.82) is 5.26 Å². The van der Waals surface area contributed by atoms with Crippen LogP contribution in [0.3, 0.4) is 0 Å². The van der Waals surface area contributed by atoms with Crippen LogP contribution >= 0.6 is 11.6 Å². The summed E-state index contributed by atoms with van der Waals surface area (Å²) in [7, 11) is -3.41. The predicted molar refractivity (Wildman–Crippen MR) is 103 cm³/mol. The number of hydrogen-bond donors (Lipinski definition) is 1. The summed E-state index contributed by atoms with van der Waals surface area (Å²) in [4.78, 5) is 0.344. The molecule has 0 unspecified atom stereocenters. The molecule has 0 amide bonds. The Kier molecular flexibility index (Phi) is 5.82. The van der Waals surface area contributed by atoms with E-state index in [1.54, 1.807) is 46.8 Å². The number of sulfonamides is 1. The van der Waals surface area contributed by atoms with Gasteiger partial charge >= 0.3 is 0 Å². The summed E-state index contributed by atoms with van der Waals surface area (Å²) in [5, 5.41) is 13.0. The van der Waals surface area contributed by atoms with Crippen LogP contribution in [0.15, 0.2) is 53.4 Å². The average Bonchev–Trinajstić information content (AvgIpc) is 2.68. The van der Waals surface area contributed by atoms with Crippen molar-refractivity contribution < 1.29 is 8.42 Å². The van der Waals surface area contributed by atoms with Crippen molar-refractivity contribution in [3.8, 4) is 6.07 Å². The summed E-state index contributed by atoms with van der Waals surface area (Å²) in [6.45, 7) is 1.72. The second kappa shape index (κ2) is 8.09. The Morgan fingerprint density at radius 2 is 1.85 bits per heavy atom. The lowest BCUT2D eigenvalue weighted by Gasteiger charge is -2.31. The quantitative estimate of drug-likeness (QED) is 0.845. The molecule has 26 heavy (non-hydrogen) atoms. The van der Waals surface area contributed by atoms with Gasteiger partial charge in [0, 0.05) is 24.7 Å². The summed E-state index contributed by atoms with van der Waals surface area (Å²) in [6, 6.07) is 15.9. The lowest BCUT2D eigenvalue weighted by Crippen LogP contribution is -2.39. The first-order valence-corrected chi connectivity index (χ1v) is 10.3. The Balaban J connectivity index is 1.57. The van der Waals surface area contributed by atoms with E-state index < -0.39 is 10.0 Å². The van der Waals surface area contributed by atoms with E-state index in [0.29, 0.717) is 41.0 Å². The Bertz CT molecular complexity index is 902. The minimum atomic E-state index is -3.41. The molecule has 0 saturated carbocycles. The fraction of sp³-hybridized carbons (Fsp3) is 0.316. The van der Waals surface area contributed by atoms with Gasteiger partial charge in [-0.25, -0.2) is 8.42 Å².